The zero-order valence-electron chi connectivity index (χ0n) is 21.9. The molecule has 2 aromatic rings. The summed E-state index contributed by atoms with van der Waals surface area (Å²) in [7, 11) is 0. The van der Waals surface area contributed by atoms with Crippen molar-refractivity contribution in [3.8, 4) is 0 Å². The monoisotopic (exact) mass is 725 g/mol. The van der Waals surface area contributed by atoms with Crippen molar-refractivity contribution in [3.63, 3.8) is 0 Å². The van der Waals surface area contributed by atoms with Crippen LogP contribution in [0.25, 0.3) is 16.3 Å². The molecule has 0 aromatic heterocycles. The number of hydrogen-bond acceptors (Lipinski definition) is 7. The summed E-state index contributed by atoms with van der Waals surface area (Å²) in [5, 5.41) is 14.6. The zero-order valence-corrected chi connectivity index (χ0v) is 26.3. The van der Waals surface area contributed by atoms with Gasteiger partial charge in [-0.3, -0.25) is 9.69 Å². The Morgan fingerprint density at radius 3 is 2.58 bits per heavy atom. The predicted octanol–water partition coefficient (Wildman–Crippen LogP) is 3.23. The van der Waals surface area contributed by atoms with Crippen LogP contribution in [-0.4, -0.2) is 77.8 Å². The van der Waals surface area contributed by atoms with Crippen molar-refractivity contribution in [2.45, 2.75) is 51.1 Å². The van der Waals surface area contributed by atoms with Crippen LogP contribution in [0, 0.1) is 0 Å². The SMILES string of the molecule is CCC(=O)C1=C(c2ccc3ccccc3c2)CC2CCC1N2CCCN(CC[S-])CC([O-])=NCC[S-].[O-2].[Re]. The number of carbonyl (C=O) groups excluding carboxylic acids is 1. The van der Waals surface area contributed by atoms with E-state index in [1.165, 1.54) is 21.9 Å². The van der Waals surface area contributed by atoms with Crippen molar-refractivity contribution in [1.82, 2.24) is 9.80 Å². The average molecular weight is 725 g/mol. The molecule has 2 aliphatic rings. The minimum absolute atomic E-state index is 0. The molecule has 2 atom stereocenters. The third-order valence-corrected chi connectivity index (χ3v) is 7.86. The van der Waals surface area contributed by atoms with E-state index in [4.69, 9.17) is 25.3 Å². The molecule has 4 rings (SSSR count). The summed E-state index contributed by atoms with van der Waals surface area (Å²) in [6.45, 7) is 5.13. The fourth-order valence-corrected chi connectivity index (χ4v) is 6.18. The number of ketones is 1. The number of nitrogens with zero attached hydrogens (tertiary/aromatic N) is 3. The Kier molecular flexibility index (Phi) is 14.1. The van der Waals surface area contributed by atoms with E-state index in [0.29, 0.717) is 43.6 Å². The van der Waals surface area contributed by atoms with Crippen molar-refractivity contribution in [2.75, 3.05) is 44.2 Å². The van der Waals surface area contributed by atoms with E-state index in [1.807, 2.05) is 6.92 Å². The summed E-state index contributed by atoms with van der Waals surface area (Å²) in [6.07, 6.45) is 4.55. The second-order valence-corrected chi connectivity index (χ2v) is 10.5. The zero-order chi connectivity index (χ0) is 25.5. The van der Waals surface area contributed by atoms with Crippen LogP contribution in [0.4, 0.5) is 0 Å². The normalized spacial score (nSPS) is 19.5. The van der Waals surface area contributed by atoms with Crippen molar-refractivity contribution < 1.29 is 35.8 Å². The molecule has 209 valence electrons. The molecule has 0 aliphatic carbocycles. The fraction of sp³-hybridized carbons (Fsp3) is 0.517. The molecule has 2 bridgehead atoms. The maximum absolute atomic E-state index is 13.3. The first kappa shape index (κ1) is 33.0. The van der Waals surface area contributed by atoms with E-state index in [-0.39, 0.29) is 43.6 Å². The summed E-state index contributed by atoms with van der Waals surface area (Å²) < 4.78 is 0. The standard InChI is InChI=1S/C29H39N3O2S2.O.Re/c1-2-27(33)29-25(23-9-8-21-6-3-4-7-22(21)18-23)19-24-10-11-26(29)32(24)14-5-13-31(15-17-36)20-28(34)30-12-16-35;;/h3-4,6-9,18,24,26,35-36H,2,5,10-17,19-20H2,1H3,(H,30,34);;/q;-2;/p-3. The Morgan fingerprint density at radius 1 is 1.11 bits per heavy atom. The third-order valence-electron chi connectivity index (χ3n) is 7.50. The molecule has 0 saturated carbocycles. The van der Waals surface area contributed by atoms with Crippen molar-refractivity contribution >= 4 is 53.3 Å². The van der Waals surface area contributed by atoms with Gasteiger partial charge in [0.25, 0.3) is 0 Å². The van der Waals surface area contributed by atoms with Gasteiger partial charge >= 0.3 is 0 Å². The minimum Gasteiger partial charge on any atom is -2.00 e. The van der Waals surface area contributed by atoms with Crippen LogP contribution in [0.2, 0.25) is 0 Å². The van der Waals surface area contributed by atoms with Crippen LogP contribution in [0.3, 0.4) is 0 Å². The Bertz CT molecular complexity index is 1130. The molecule has 2 heterocycles. The van der Waals surface area contributed by atoms with E-state index in [0.717, 1.165) is 44.3 Å². The van der Waals surface area contributed by atoms with Crippen LogP contribution < -0.4 is 5.11 Å². The van der Waals surface area contributed by atoms with Gasteiger partial charge in [-0.15, -0.1) is 0 Å². The topological polar surface area (TPSA) is 87.5 Å². The van der Waals surface area contributed by atoms with Gasteiger partial charge in [0.2, 0.25) is 0 Å². The van der Waals surface area contributed by atoms with Gasteiger partial charge in [0.15, 0.2) is 5.78 Å². The summed E-state index contributed by atoms with van der Waals surface area (Å²) in [6, 6.07) is 15.7. The number of rotatable bonds is 13. The number of hydrogen-bond donors (Lipinski definition) is 0. The summed E-state index contributed by atoms with van der Waals surface area (Å²) in [5.41, 5.74) is 3.47. The van der Waals surface area contributed by atoms with Crippen molar-refractivity contribution in [1.29, 1.82) is 0 Å². The number of carbonyl (C=O) groups is 1. The average Bonchev–Trinajstić information content (AvgIpc) is 3.17. The summed E-state index contributed by atoms with van der Waals surface area (Å²) >= 11 is 10.1. The van der Waals surface area contributed by atoms with Crippen LogP contribution in [0.1, 0.15) is 44.6 Å². The number of Topliss-reactive ketones (excluding diaryl/α,β-unsaturated/α-hetero) is 1. The van der Waals surface area contributed by atoms with E-state index < -0.39 is 0 Å². The molecule has 0 N–H and O–H groups in total. The van der Waals surface area contributed by atoms with Crippen LogP contribution in [-0.2, 0) is 56.0 Å². The molecule has 2 unspecified atom stereocenters. The van der Waals surface area contributed by atoms with Crippen LogP contribution in [0.5, 0.6) is 0 Å². The largest absolute Gasteiger partial charge is 2.00 e. The third kappa shape index (κ3) is 7.94. The molecule has 1 radical (unpaired) electrons. The Balaban J connectivity index is 0.00000253. The number of fused-ring (bicyclic) bond motifs is 3. The second kappa shape index (κ2) is 16.2. The van der Waals surface area contributed by atoms with Crippen molar-refractivity contribution in [2.24, 2.45) is 4.99 Å². The van der Waals surface area contributed by atoms with E-state index in [9.17, 15) is 9.90 Å². The molecule has 1 saturated heterocycles. The molecule has 0 amide bonds. The summed E-state index contributed by atoms with van der Waals surface area (Å²) in [4.78, 5) is 22.0. The molecular formula is C29H36N3O3ReS2-5. The molecule has 9 heteroatoms. The Labute approximate surface area is 251 Å². The van der Waals surface area contributed by atoms with Gasteiger partial charge in [0.1, 0.15) is 0 Å². The number of benzene rings is 2. The minimum atomic E-state index is -0.111. The molecule has 38 heavy (non-hydrogen) atoms. The van der Waals surface area contributed by atoms with Crippen LogP contribution in [0.15, 0.2) is 53.0 Å². The molecule has 2 aromatic carbocycles. The number of aliphatic imine (C=N–C) groups is 1. The van der Waals surface area contributed by atoms with E-state index >= 15 is 0 Å². The molecule has 0 spiro atoms. The smallest absolute Gasteiger partial charge is 0.160 e. The quantitative estimate of drug-likeness (QED) is 0.179. The first-order valence-electron chi connectivity index (χ1n) is 13.2. The van der Waals surface area contributed by atoms with E-state index in [2.05, 4.69) is 57.3 Å². The second-order valence-electron chi connectivity index (χ2n) is 9.73. The van der Waals surface area contributed by atoms with E-state index in [1.54, 1.807) is 0 Å². The Hall–Kier alpha value is -1.18. The Morgan fingerprint density at radius 2 is 1.87 bits per heavy atom. The first-order valence-corrected chi connectivity index (χ1v) is 14.3. The van der Waals surface area contributed by atoms with Crippen molar-refractivity contribution in [3.05, 3.63) is 53.6 Å². The van der Waals surface area contributed by atoms with Gasteiger partial charge in [-0.2, -0.15) is 11.5 Å². The molecular weight excluding hydrogens is 689 g/mol. The van der Waals surface area contributed by atoms with Gasteiger partial charge in [0.05, 0.1) is 0 Å². The fourth-order valence-electron chi connectivity index (χ4n) is 5.83. The predicted molar refractivity (Wildman–Crippen MR) is 153 cm³/mol. The summed E-state index contributed by atoms with van der Waals surface area (Å²) in [5.74, 6) is 1.23. The molecule has 1 fully saturated rings. The van der Waals surface area contributed by atoms with Crippen LogP contribution >= 0.6 is 0 Å². The molecule has 6 nitrogen and oxygen atoms in total. The van der Waals surface area contributed by atoms with Gasteiger partial charge in [0, 0.05) is 64.1 Å². The van der Waals surface area contributed by atoms with Gasteiger partial charge in [-0.25, -0.2) is 0 Å². The maximum atomic E-state index is 13.3. The van der Waals surface area contributed by atoms with Gasteiger partial charge < -0.3 is 45.7 Å². The first-order chi connectivity index (χ1) is 17.5. The van der Waals surface area contributed by atoms with Gasteiger partial charge in [-0.05, 0) is 72.6 Å². The van der Waals surface area contributed by atoms with Gasteiger partial charge in [-0.1, -0.05) is 43.3 Å². The molecule has 2 aliphatic heterocycles. The maximum Gasteiger partial charge on any atom is 0.160 e.